The fraction of sp³-hybridized carbons (Fsp3) is 0.545. The number of thiazole rings is 1. The van der Waals surface area contributed by atoms with E-state index < -0.39 is 0 Å². The van der Waals surface area contributed by atoms with Crippen molar-refractivity contribution in [3.63, 3.8) is 0 Å². The Bertz CT molecular complexity index is 467. The van der Waals surface area contributed by atoms with Crippen LogP contribution in [0, 0.1) is 0 Å². The highest BCUT2D eigenvalue weighted by molar-refractivity contribution is 7.10. The molecule has 0 bridgehead atoms. The molecule has 2 heterocycles. The maximum atomic E-state index is 11.2. The van der Waals surface area contributed by atoms with E-state index in [2.05, 4.69) is 10.1 Å². The molecule has 5 nitrogen and oxygen atoms in total. The van der Waals surface area contributed by atoms with Gasteiger partial charge in [-0.25, -0.2) is 4.98 Å². The van der Waals surface area contributed by atoms with Gasteiger partial charge in [-0.15, -0.1) is 11.3 Å². The summed E-state index contributed by atoms with van der Waals surface area (Å²) in [7, 11) is 0. The van der Waals surface area contributed by atoms with E-state index in [1.165, 1.54) is 11.3 Å². The lowest BCUT2D eigenvalue weighted by Gasteiger charge is -2.30. The Morgan fingerprint density at radius 3 is 2.83 bits per heavy atom. The second kappa shape index (κ2) is 5.67. The highest BCUT2D eigenvalue weighted by Gasteiger charge is 2.24. The molecule has 1 aromatic heterocycles. The van der Waals surface area contributed by atoms with Crippen LogP contribution in [0.2, 0.25) is 0 Å². The molecule has 1 aliphatic heterocycles. The Labute approximate surface area is 114 Å². The van der Waals surface area contributed by atoms with E-state index in [4.69, 9.17) is 16.8 Å². The highest BCUT2D eigenvalue weighted by Crippen LogP contribution is 2.30. The minimum absolute atomic E-state index is 0.0127. The van der Waals surface area contributed by atoms with Crippen LogP contribution in [0.4, 0.5) is 0 Å². The normalized spacial score (nSPS) is 18.1. The Balaban J connectivity index is 2.02. The van der Waals surface area contributed by atoms with Crippen molar-refractivity contribution in [2.45, 2.75) is 25.7 Å². The fourth-order valence-electron chi connectivity index (χ4n) is 2.06. The van der Waals surface area contributed by atoms with Gasteiger partial charge in [-0.2, -0.15) is 0 Å². The minimum Gasteiger partial charge on any atom is -0.410 e. The van der Waals surface area contributed by atoms with Crippen LogP contribution < -0.4 is 0 Å². The molecule has 0 aliphatic carbocycles. The molecule has 0 unspecified atom stereocenters. The zero-order chi connectivity index (χ0) is 13.1. The van der Waals surface area contributed by atoms with Gasteiger partial charge in [0.25, 0.3) is 0 Å². The van der Waals surface area contributed by atoms with Crippen LogP contribution in [0.15, 0.2) is 10.5 Å². The number of amides is 1. The first-order valence-corrected chi connectivity index (χ1v) is 6.96. The first kappa shape index (κ1) is 13.3. The lowest BCUT2D eigenvalue weighted by atomic mass is 9.97. The number of carbonyl (C=O) groups is 1. The van der Waals surface area contributed by atoms with Gasteiger partial charge in [0.2, 0.25) is 5.91 Å². The third-order valence-corrected chi connectivity index (χ3v) is 4.39. The van der Waals surface area contributed by atoms with Crippen LogP contribution in [0.3, 0.4) is 0 Å². The number of carbonyl (C=O) groups excluding carboxylic acids is 1. The van der Waals surface area contributed by atoms with Crippen molar-refractivity contribution in [3.8, 4) is 0 Å². The van der Waals surface area contributed by atoms with Gasteiger partial charge >= 0.3 is 0 Å². The average Bonchev–Trinajstić information content (AvgIpc) is 2.87. The lowest BCUT2D eigenvalue weighted by molar-refractivity contribution is -0.129. The van der Waals surface area contributed by atoms with Gasteiger partial charge in [-0.3, -0.25) is 4.79 Å². The van der Waals surface area contributed by atoms with E-state index in [0.29, 0.717) is 11.6 Å². The molecule has 18 heavy (non-hydrogen) atoms. The largest absolute Gasteiger partial charge is 0.410 e. The number of halogens is 1. The summed E-state index contributed by atoms with van der Waals surface area (Å²) in [6.45, 7) is 3.15. The van der Waals surface area contributed by atoms with E-state index in [0.717, 1.165) is 30.9 Å². The molecule has 1 fully saturated rings. The average molecular weight is 288 g/mol. The number of hydrogen-bond acceptors (Lipinski definition) is 5. The molecule has 1 aliphatic rings. The molecule has 98 valence electrons. The second-order valence-electron chi connectivity index (χ2n) is 4.24. The number of oxime groups is 1. The van der Waals surface area contributed by atoms with Crippen LogP contribution in [-0.4, -0.2) is 39.3 Å². The Morgan fingerprint density at radius 2 is 2.28 bits per heavy atom. The van der Waals surface area contributed by atoms with Crippen LogP contribution >= 0.6 is 22.9 Å². The monoisotopic (exact) mass is 287 g/mol. The minimum atomic E-state index is 0.0127. The van der Waals surface area contributed by atoms with Crippen molar-refractivity contribution in [2.24, 2.45) is 5.16 Å². The zero-order valence-electron chi connectivity index (χ0n) is 9.97. The van der Waals surface area contributed by atoms with Crippen molar-refractivity contribution in [1.29, 1.82) is 0 Å². The Morgan fingerprint density at radius 1 is 1.61 bits per heavy atom. The predicted molar refractivity (Wildman–Crippen MR) is 70.5 cm³/mol. The third-order valence-electron chi connectivity index (χ3n) is 3.11. The molecule has 1 saturated heterocycles. The van der Waals surface area contributed by atoms with Gasteiger partial charge in [0, 0.05) is 31.3 Å². The summed E-state index contributed by atoms with van der Waals surface area (Å²) in [6.07, 6.45) is 1.83. The van der Waals surface area contributed by atoms with Crippen molar-refractivity contribution in [1.82, 2.24) is 9.88 Å². The van der Waals surface area contributed by atoms with Crippen molar-refractivity contribution >= 4 is 34.0 Å². The molecule has 0 aromatic carbocycles. The van der Waals surface area contributed by atoms with E-state index >= 15 is 0 Å². The molecule has 0 saturated carbocycles. The summed E-state index contributed by atoms with van der Waals surface area (Å²) in [6, 6.07) is 0. The quantitative estimate of drug-likeness (QED) is 0.515. The molecular formula is C11H14ClN3O2S. The predicted octanol–water partition coefficient (Wildman–Crippen LogP) is 2.24. The molecular weight excluding hydrogens is 274 g/mol. The van der Waals surface area contributed by atoms with Crippen LogP contribution in [0.1, 0.15) is 36.4 Å². The first-order chi connectivity index (χ1) is 8.61. The molecule has 0 radical (unpaired) electrons. The summed E-state index contributed by atoms with van der Waals surface area (Å²) in [5.41, 5.74) is 0.508. The number of rotatable bonds is 2. The number of aromatic nitrogens is 1. The number of nitrogens with zero attached hydrogens (tertiary/aromatic N) is 3. The summed E-state index contributed by atoms with van der Waals surface area (Å²) in [5, 5.41) is 14.3. The summed E-state index contributed by atoms with van der Waals surface area (Å²) >= 11 is 7.22. The molecule has 1 amide bonds. The van der Waals surface area contributed by atoms with Gasteiger partial charge in [0.15, 0.2) is 5.17 Å². The summed E-state index contributed by atoms with van der Waals surface area (Å²) < 4.78 is 0. The molecule has 0 spiro atoms. The fourth-order valence-corrected chi connectivity index (χ4v) is 3.20. The van der Waals surface area contributed by atoms with Crippen LogP contribution in [0.5, 0.6) is 0 Å². The van der Waals surface area contributed by atoms with E-state index in [9.17, 15) is 4.79 Å². The van der Waals surface area contributed by atoms with Gasteiger partial charge < -0.3 is 10.1 Å². The smallest absolute Gasteiger partial charge is 0.219 e. The molecule has 1 aromatic rings. The molecule has 1 N–H and O–H groups in total. The zero-order valence-corrected chi connectivity index (χ0v) is 11.5. The lowest BCUT2D eigenvalue weighted by Crippen LogP contribution is -2.36. The SMILES string of the molecule is CC(=O)N1CCC(c2nc(/C(Cl)=N/O)cs2)CC1. The highest BCUT2D eigenvalue weighted by atomic mass is 35.5. The second-order valence-corrected chi connectivity index (χ2v) is 5.49. The van der Waals surface area contributed by atoms with Crippen LogP contribution in [-0.2, 0) is 4.79 Å². The number of hydrogen-bond donors (Lipinski definition) is 1. The van der Waals surface area contributed by atoms with Crippen molar-refractivity contribution in [2.75, 3.05) is 13.1 Å². The van der Waals surface area contributed by atoms with Crippen molar-refractivity contribution in [3.05, 3.63) is 16.1 Å². The summed E-state index contributed by atoms with van der Waals surface area (Å²) in [5.74, 6) is 0.492. The van der Waals surface area contributed by atoms with Gasteiger partial charge in [-0.05, 0) is 12.8 Å². The maximum absolute atomic E-state index is 11.2. The van der Waals surface area contributed by atoms with Crippen LogP contribution in [0.25, 0.3) is 0 Å². The van der Waals surface area contributed by atoms with E-state index in [-0.39, 0.29) is 11.1 Å². The van der Waals surface area contributed by atoms with Gasteiger partial charge in [0.1, 0.15) is 5.69 Å². The topological polar surface area (TPSA) is 65.8 Å². The third kappa shape index (κ3) is 2.81. The van der Waals surface area contributed by atoms with Crippen molar-refractivity contribution < 1.29 is 10.0 Å². The maximum Gasteiger partial charge on any atom is 0.219 e. The van der Waals surface area contributed by atoms with E-state index in [1.54, 1.807) is 12.3 Å². The Kier molecular flexibility index (Phi) is 4.19. The van der Waals surface area contributed by atoms with Gasteiger partial charge in [-0.1, -0.05) is 16.8 Å². The number of piperidine rings is 1. The molecule has 7 heteroatoms. The summed E-state index contributed by atoms with van der Waals surface area (Å²) in [4.78, 5) is 17.4. The number of likely N-dealkylation sites (tertiary alicyclic amines) is 1. The molecule has 0 atom stereocenters. The Hall–Kier alpha value is -1.14. The first-order valence-electron chi connectivity index (χ1n) is 5.70. The standard InChI is InChI=1S/C11H14ClN3O2S/c1-7(16)15-4-2-8(3-5-15)11-13-9(6-18-11)10(12)14-17/h6,8,17H,2-5H2,1H3/b14-10-. The molecule has 2 rings (SSSR count). The van der Waals surface area contributed by atoms with Gasteiger partial charge in [0.05, 0.1) is 5.01 Å². The van der Waals surface area contributed by atoms with E-state index in [1.807, 2.05) is 4.90 Å².